The second-order valence-electron chi connectivity index (χ2n) is 5.22. The highest BCUT2D eigenvalue weighted by atomic mass is 32.2. The molecule has 2 rings (SSSR count). The fourth-order valence-corrected chi connectivity index (χ4v) is 4.12. The van der Waals surface area contributed by atoms with Crippen LogP contribution in [0.2, 0.25) is 0 Å². The van der Waals surface area contributed by atoms with E-state index in [-0.39, 0.29) is 10.8 Å². The van der Waals surface area contributed by atoms with E-state index in [4.69, 9.17) is 0 Å². The van der Waals surface area contributed by atoms with Crippen molar-refractivity contribution in [3.63, 3.8) is 0 Å². The molecule has 0 atom stereocenters. The number of hydrogen-bond acceptors (Lipinski definition) is 3. The number of likely N-dealkylation sites (tertiary alicyclic amines) is 1. The van der Waals surface area contributed by atoms with Gasteiger partial charge in [0, 0.05) is 31.7 Å². The lowest BCUT2D eigenvalue weighted by Crippen LogP contribution is -2.42. The highest BCUT2D eigenvalue weighted by molar-refractivity contribution is 7.89. The van der Waals surface area contributed by atoms with Crippen molar-refractivity contribution in [2.75, 3.05) is 26.2 Å². The second-order valence-corrected chi connectivity index (χ2v) is 7.12. The Morgan fingerprint density at radius 1 is 1.24 bits per heavy atom. The van der Waals surface area contributed by atoms with Gasteiger partial charge in [0.2, 0.25) is 10.0 Å². The van der Waals surface area contributed by atoms with Crippen LogP contribution in [0.1, 0.15) is 36.2 Å². The first-order valence-corrected chi connectivity index (χ1v) is 8.75. The second kappa shape index (κ2) is 6.15. The summed E-state index contributed by atoms with van der Waals surface area (Å²) in [6, 6.07) is 4.93. The van der Waals surface area contributed by atoms with E-state index in [1.807, 2.05) is 13.8 Å². The number of sulfonamides is 1. The van der Waals surface area contributed by atoms with Crippen LogP contribution >= 0.6 is 0 Å². The van der Waals surface area contributed by atoms with Gasteiger partial charge in [-0.1, -0.05) is 19.9 Å². The van der Waals surface area contributed by atoms with Gasteiger partial charge in [-0.05, 0) is 31.0 Å². The molecule has 0 unspecified atom stereocenters. The third kappa shape index (κ3) is 2.96. The number of carbonyl (C=O) groups is 1. The Labute approximate surface area is 126 Å². The Morgan fingerprint density at radius 3 is 2.33 bits per heavy atom. The fraction of sp³-hybridized carbons (Fsp3) is 0.533. The van der Waals surface area contributed by atoms with Gasteiger partial charge in [-0.3, -0.25) is 4.79 Å². The normalized spacial score (nSPS) is 15.1. The average Bonchev–Trinajstić information content (AvgIpc) is 2.37. The van der Waals surface area contributed by atoms with E-state index in [0.29, 0.717) is 24.2 Å². The maximum absolute atomic E-state index is 12.6. The van der Waals surface area contributed by atoms with Crippen LogP contribution < -0.4 is 0 Å². The Morgan fingerprint density at radius 2 is 1.86 bits per heavy atom. The third-order valence-electron chi connectivity index (χ3n) is 3.90. The molecule has 0 N–H and O–H groups in total. The van der Waals surface area contributed by atoms with Crippen molar-refractivity contribution in [1.29, 1.82) is 0 Å². The van der Waals surface area contributed by atoms with E-state index in [1.165, 1.54) is 10.4 Å². The molecule has 1 saturated heterocycles. The molecule has 1 fully saturated rings. The van der Waals surface area contributed by atoms with Gasteiger partial charge in [0.05, 0.1) is 4.90 Å². The molecule has 1 aliphatic heterocycles. The summed E-state index contributed by atoms with van der Waals surface area (Å²) in [6.07, 6.45) is 1.02. The lowest BCUT2D eigenvalue weighted by atomic mass is 10.1. The van der Waals surface area contributed by atoms with Crippen molar-refractivity contribution in [3.05, 3.63) is 29.3 Å². The van der Waals surface area contributed by atoms with Crippen molar-refractivity contribution in [1.82, 2.24) is 9.21 Å². The molecule has 1 amide bonds. The molecule has 1 aliphatic rings. The molecule has 0 spiro atoms. The smallest absolute Gasteiger partial charge is 0.253 e. The van der Waals surface area contributed by atoms with Crippen LogP contribution in [0.25, 0.3) is 0 Å². The van der Waals surface area contributed by atoms with E-state index in [9.17, 15) is 13.2 Å². The SMILES string of the molecule is CCN(CC)S(=O)(=O)c1cc(C(=O)N2CCC2)ccc1C. The molecule has 1 aromatic rings. The van der Waals surface area contributed by atoms with Crippen molar-refractivity contribution in [3.8, 4) is 0 Å². The van der Waals surface area contributed by atoms with Gasteiger partial charge in [-0.2, -0.15) is 4.31 Å². The maximum atomic E-state index is 12.6. The van der Waals surface area contributed by atoms with Gasteiger partial charge < -0.3 is 4.90 Å². The minimum Gasteiger partial charge on any atom is -0.339 e. The first-order valence-electron chi connectivity index (χ1n) is 7.31. The van der Waals surface area contributed by atoms with Crippen molar-refractivity contribution >= 4 is 15.9 Å². The van der Waals surface area contributed by atoms with Crippen LogP contribution in [0.3, 0.4) is 0 Å². The summed E-state index contributed by atoms with van der Waals surface area (Å²) in [4.78, 5) is 14.2. The van der Waals surface area contributed by atoms with Gasteiger partial charge in [-0.25, -0.2) is 8.42 Å². The van der Waals surface area contributed by atoms with Crippen LogP contribution in [-0.2, 0) is 10.0 Å². The number of amides is 1. The molecule has 0 aliphatic carbocycles. The number of aryl methyl sites for hydroxylation is 1. The third-order valence-corrected chi connectivity index (χ3v) is 6.09. The number of carbonyl (C=O) groups excluding carboxylic acids is 1. The van der Waals surface area contributed by atoms with E-state index in [0.717, 1.165) is 19.5 Å². The molecule has 0 bridgehead atoms. The summed E-state index contributed by atoms with van der Waals surface area (Å²) in [5, 5.41) is 0. The van der Waals surface area contributed by atoms with Crippen LogP contribution in [0, 0.1) is 6.92 Å². The zero-order chi connectivity index (χ0) is 15.6. The number of hydrogen-bond donors (Lipinski definition) is 0. The lowest BCUT2D eigenvalue weighted by Gasteiger charge is -2.31. The Kier molecular flexibility index (Phi) is 4.68. The Balaban J connectivity index is 2.41. The summed E-state index contributed by atoms with van der Waals surface area (Å²) in [5.41, 5.74) is 1.12. The summed E-state index contributed by atoms with van der Waals surface area (Å²) in [6.45, 7) is 7.73. The molecular weight excluding hydrogens is 288 g/mol. The fourth-order valence-electron chi connectivity index (χ4n) is 2.42. The quantitative estimate of drug-likeness (QED) is 0.834. The zero-order valence-electron chi connectivity index (χ0n) is 12.8. The predicted molar refractivity (Wildman–Crippen MR) is 81.8 cm³/mol. The number of benzene rings is 1. The van der Waals surface area contributed by atoms with Gasteiger partial charge in [0.1, 0.15) is 0 Å². The number of rotatable bonds is 5. The minimum atomic E-state index is -3.54. The minimum absolute atomic E-state index is 0.0859. The molecule has 1 aromatic carbocycles. The molecule has 0 aromatic heterocycles. The predicted octanol–water partition coefficient (Wildman–Crippen LogP) is 1.87. The van der Waals surface area contributed by atoms with E-state index >= 15 is 0 Å². The van der Waals surface area contributed by atoms with Crippen LogP contribution in [0.15, 0.2) is 23.1 Å². The molecule has 5 nitrogen and oxygen atoms in total. The van der Waals surface area contributed by atoms with E-state index < -0.39 is 10.0 Å². The molecule has 116 valence electrons. The summed E-state index contributed by atoms with van der Waals surface area (Å²) in [7, 11) is -3.54. The molecule has 0 radical (unpaired) electrons. The van der Waals surface area contributed by atoms with Crippen LogP contribution in [-0.4, -0.2) is 49.7 Å². The monoisotopic (exact) mass is 310 g/mol. The maximum Gasteiger partial charge on any atom is 0.253 e. The molecule has 0 saturated carbocycles. The van der Waals surface area contributed by atoms with Crippen molar-refractivity contribution in [2.45, 2.75) is 32.1 Å². The van der Waals surface area contributed by atoms with E-state index in [2.05, 4.69) is 0 Å². The standard InChI is InChI=1S/C15H22N2O3S/c1-4-17(5-2)21(19,20)14-11-13(8-7-12(14)3)15(18)16-9-6-10-16/h7-8,11H,4-6,9-10H2,1-3H3. The Hall–Kier alpha value is -1.40. The topological polar surface area (TPSA) is 57.7 Å². The average molecular weight is 310 g/mol. The van der Waals surface area contributed by atoms with Crippen LogP contribution in [0.5, 0.6) is 0 Å². The first kappa shape index (κ1) is 16.0. The van der Waals surface area contributed by atoms with Crippen molar-refractivity contribution in [2.24, 2.45) is 0 Å². The van der Waals surface area contributed by atoms with E-state index in [1.54, 1.807) is 24.0 Å². The summed E-state index contributed by atoms with van der Waals surface area (Å²) in [5.74, 6) is -0.0859. The van der Waals surface area contributed by atoms with Gasteiger partial charge in [0.25, 0.3) is 5.91 Å². The molecule has 1 heterocycles. The molecule has 21 heavy (non-hydrogen) atoms. The van der Waals surface area contributed by atoms with Gasteiger partial charge in [-0.15, -0.1) is 0 Å². The number of nitrogens with zero attached hydrogens (tertiary/aromatic N) is 2. The highest BCUT2D eigenvalue weighted by Crippen LogP contribution is 2.23. The van der Waals surface area contributed by atoms with Gasteiger partial charge in [0.15, 0.2) is 0 Å². The lowest BCUT2D eigenvalue weighted by molar-refractivity contribution is 0.0651. The highest BCUT2D eigenvalue weighted by Gasteiger charge is 2.27. The molecular formula is C15H22N2O3S. The van der Waals surface area contributed by atoms with Gasteiger partial charge >= 0.3 is 0 Å². The zero-order valence-corrected chi connectivity index (χ0v) is 13.6. The first-order chi connectivity index (χ1) is 9.91. The van der Waals surface area contributed by atoms with Crippen LogP contribution in [0.4, 0.5) is 0 Å². The van der Waals surface area contributed by atoms with Crippen molar-refractivity contribution < 1.29 is 13.2 Å². The summed E-state index contributed by atoms with van der Waals surface area (Å²) < 4.78 is 26.7. The molecule has 6 heteroatoms. The Bertz CT molecular complexity index is 632. The largest absolute Gasteiger partial charge is 0.339 e. The summed E-state index contributed by atoms with van der Waals surface area (Å²) >= 11 is 0.